The molecule has 2 aromatic heterocycles. The molecular weight excluding hydrogens is 475 g/mol. The Balaban J connectivity index is 1.40. The van der Waals surface area contributed by atoms with Gasteiger partial charge in [0.25, 0.3) is 11.1 Å². The number of thiazole rings is 1. The molecule has 0 saturated heterocycles. The molecule has 2 heterocycles. The van der Waals surface area contributed by atoms with Crippen molar-refractivity contribution in [3.63, 3.8) is 0 Å². The number of carbonyl (C=O) groups is 1. The summed E-state index contributed by atoms with van der Waals surface area (Å²) in [7, 11) is 0. The monoisotopic (exact) mass is 498 g/mol. The van der Waals surface area contributed by atoms with Gasteiger partial charge < -0.3 is 9.15 Å². The van der Waals surface area contributed by atoms with Gasteiger partial charge in [0.15, 0.2) is 11.7 Å². The number of thioether (sulfide) groups is 1. The van der Waals surface area contributed by atoms with Crippen molar-refractivity contribution >= 4 is 39.8 Å². The first-order valence-electron chi connectivity index (χ1n) is 10.5. The van der Waals surface area contributed by atoms with Gasteiger partial charge in [-0.25, -0.2) is 9.37 Å². The fourth-order valence-corrected chi connectivity index (χ4v) is 5.20. The minimum Gasteiger partial charge on any atom is -0.484 e. The van der Waals surface area contributed by atoms with Gasteiger partial charge in [-0.2, -0.15) is 0 Å². The van der Waals surface area contributed by atoms with Crippen LogP contribution in [0.15, 0.2) is 51.4 Å². The van der Waals surface area contributed by atoms with Gasteiger partial charge in [0, 0.05) is 18.1 Å². The van der Waals surface area contributed by atoms with E-state index in [1.165, 1.54) is 47.4 Å². The van der Waals surface area contributed by atoms with Crippen molar-refractivity contribution in [3.05, 3.63) is 75.9 Å². The van der Waals surface area contributed by atoms with Crippen LogP contribution in [0.2, 0.25) is 0 Å². The molecule has 7 nitrogen and oxygen atoms in total. The van der Waals surface area contributed by atoms with E-state index in [0.717, 1.165) is 28.1 Å². The number of ether oxygens (including phenoxy) is 1. The van der Waals surface area contributed by atoms with Crippen LogP contribution in [0, 0.1) is 26.6 Å². The van der Waals surface area contributed by atoms with Crippen molar-refractivity contribution in [1.82, 2.24) is 15.2 Å². The number of nitrogens with zero attached hydrogens (tertiary/aromatic N) is 4. The lowest BCUT2D eigenvalue weighted by Crippen LogP contribution is -2.24. The summed E-state index contributed by atoms with van der Waals surface area (Å²) in [5.74, 6) is 0.918. The molecule has 0 spiro atoms. The predicted molar refractivity (Wildman–Crippen MR) is 130 cm³/mol. The van der Waals surface area contributed by atoms with E-state index in [1.54, 1.807) is 11.8 Å². The number of rotatable bonds is 8. The standard InChI is InChI=1S/C24H23FN4O3S2/c1-14-9-15(2)22(16(3)10-14)29(17(4)30)23-26-19(12-33-23)13-34-24-28-27-21(32-24)11-31-20-7-5-18(25)6-8-20/h5-10,12H,11,13H2,1-4H3. The van der Waals surface area contributed by atoms with E-state index in [1.807, 2.05) is 26.2 Å². The molecule has 4 rings (SSSR count). The van der Waals surface area contributed by atoms with Crippen LogP contribution in [0.3, 0.4) is 0 Å². The number of amides is 1. The third kappa shape index (κ3) is 5.63. The molecule has 34 heavy (non-hydrogen) atoms. The highest BCUT2D eigenvalue weighted by molar-refractivity contribution is 7.98. The van der Waals surface area contributed by atoms with E-state index in [-0.39, 0.29) is 18.3 Å². The maximum atomic E-state index is 13.0. The number of aryl methyl sites for hydroxylation is 3. The quantitative estimate of drug-likeness (QED) is 0.270. The van der Waals surface area contributed by atoms with Gasteiger partial charge in [-0.1, -0.05) is 29.5 Å². The molecular formula is C24H23FN4O3S2. The van der Waals surface area contributed by atoms with Gasteiger partial charge in [-0.05, 0) is 56.2 Å². The van der Waals surface area contributed by atoms with Crippen molar-refractivity contribution in [2.75, 3.05) is 4.90 Å². The van der Waals surface area contributed by atoms with Crippen LogP contribution in [-0.2, 0) is 17.2 Å². The Hall–Kier alpha value is -3.24. The van der Waals surface area contributed by atoms with Crippen LogP contribution in [0.25, 0.3) is 0 Å². The summed E-state index contributed by atoms with van der Waals surface area (Å²) in [5, 5.41) is 10.9. The van der Waals surface area contributed by atoms with Gasteiger partial charge in [0.05, 0.1) is 11.4 Å². The molecule has 0 atom stereocenters. The summed E-state index contributed by atoms with van der Waals surface area (Å²) in [5.41, 5.74) is 4.89. The largest absolute Gasteiger partial charge is 0.484 e. The summed E-state index contributed by atoms with van der Waals surface area (Å²) in [6.07, 6.45) is 0. The predicted octanol–water partition coefficient (Wildman–Crippen LogP) is 6.15. The summed E-state index contributed by atoms with van der Waals surface area (Å²) in [6.45, 7) is 7.68. The van der Waals surface area contributed by atoms with Crippen LogP contribution >= 0.6 is 23.1 Å². The van der Waals surface area contributed by atoms with Crippen LogP contribution < -0.4 is 9.64 Å². The average Bonchev–Trinajstić information content (AvgIpc) is 3.43. The lowest BCUT2D eigenvalue weighted by Gasteiger charge is -2.23. The molecule has 10 heteroatoms. The molecule has 0 N–H and O–H groups in total. The number of aromatic nitrogens is 3. The lowest BCUT2D eigenvalue weighted by atomic mass is 10.0. The van der Waals surface area contributed by atoms with Crippen molar-refractivity contribution in [2.24, 2.45) is 0 Å². The summed E-state index contributed by atoms with van der Waals surface area (Å²) in [4.78, 5) is 18.9. The van der Waals surface area contributed by atoms with Crippen LogP contribution in [0.4, 0.5) is 15.2 Å². The maximum Gasteiger partial charge on any atom is 0.277 e. The third-order valence-corrected chi connectivity index (χ3v) is 6.60. The first kappa shape index (κ1) is 23.9. The molecule has 0 unspecified atom stereocenters. The Labute approximate surface area is 205 Å². The highest BCUT2D eigenvalue weighted by Crippen LogP contribution is 2.35. The number of halogens is 1. The normalized spacial score (nSPS) is 11.0. The molecule has 2 aromatic carbocycles. The molecule has 1 amide bonds. The van der Waals surface area contributed by atoms with E-state index < -0.39 is 0 Å². The van der Waals surface area contributed by atoms with E-state index >= 15 is 0 Å². The number of carbonyl (C=O) groups excluding carboxylic acids is 1. The molecule has 176 valence electrons. The number of benzene rings is 2. The average molecular weight is 499 g/mol. The van der Waals surface area contributed by atoms with Crippen molar-refractivity contribution in [3.8, 4) is 5.75 Å². The molecule has 0 radical (unpaired) electrons. The van der Waals surface area contributed by atoms with Crippen molar-refractivity contribution in [1.29, 1.82) is 0 Å². The van der Waals surface area contributed by atoms with E-state index in [2.05, 4.69) is 27.3 Å². The molecule has 0 aliphatic rings. The van der Waals surface area contributed by atoms with Gasteiger partial charge in [0.1, 0.15) is 11.6 Å². The first-order chi connectivity index (χ1) is 16.3. The number of hydrogen-bond acceptors (Lipinski definition) is 8. The summed E-state index contributed by atoms with van der Waals surface area (Å²) < 4.78 is 24.1. The number of anilines is 2. The topological polar surface area (TPSA) is 81.4 Å². The highest BCUT2D eigenvalue weighted by atomic mass is 32.2. The van der Waals surface area contributed by atoms with Crippen molar-refractivity contribution in [2.45, 2.75) is 45.3 Å². The van der Waals surface area contributed by atoms with Gasteiger partial charge >= 0.3 is 0 Å². The van der Waals surface area contributed by atoms with Crippen LogP contribution in [0.1, 0.15) is 35.2 Å². The highest BCUT2D eigenvalue weighted by Gasteiger charge is 2.22. The van der Waals surface area contributed by atoms with Gasteiger partial charge in [-0.3, -0.25) is 9.69 Å². The number of hydrogen-bond donors (Lipinski definition) is 0. The zero-order chi connectivity index (χ0) is 24.2. The maximum absolute atomic E-state index is 13.0. The molecule has 0 aliphatic carbocycles. The lowest BCUT2D eigenvalue weighted by molar-refractivity contribution is -0.115. The van der Waals surface area contributed by atoms with E-state index in [4.69, 9.17) is 9.15 Å². The Morgan fingerprint density at radius 1 is 1.15 bits per heavy atom. The fraction of sp³-hybridized carbons (Fsp3) is 0.250. The van der Waals surface area contributed by atoms with Gasteiger partial charge in [0.2, 0.25) is 5.91 Å². The SMILES string of the molecule is CC(=O)N(c1nc(CSc2nnc(COc3ccc(F)cc3)o2)cs1)c1c(C)cc(C)cc1C. The summed E-state index contributed by atoms with van der Waals surface area (Å²) in [6, 6.07) is 9.84. The molecule has 0 bridgehead atoms. The fourth-order valence-electron chi connectivity index (χ4n) is 3.54. The Morgan fingerprint density at radius 2 is 1.85 bits per heavy atom. The second-order valence-corrected chi connectivity index (χ2v) is 9.48. The molecule has 4 aromatic rings. The first-order valence-corrected chi connectivity index (χ1v) is 12.3. The zero-order valence-corrected chi connectivity index (χ0v) is 20.8. The Kier molecular flexibility index (Phi) is 7.28. The zero-order valence-electron chi connectivity index (χ0n) is 19.2. The minimum atomic E-state index is -0.329. The molecule has 0 fully saturated rings. The summed E-state index contributed by atoms with van der Waals surface area (Å²) >= 11 is 2.77. The Bertz CT molecular complexity index is 1280. The second kappa shape index (κ2) is 10.4. The molecule has 0 aliphatic heterocycles. The van der Waals surface area contributed by atoms with E-state index in [9.17, 15) is 9.18 Å². The molecule has 0 saturated carbocycles. The third-order valence-electron chi connectivity index (χ3n) is 4.87. The van der Waals surface area contributed by atoms with Crippen molar-refractivity contribution < 1.29 is 18.3 Å². The van der Waals surface area contributed by atoms with Crippen LogP contribution in [0.5, 0.6) is 5.75 Å². The van der Waals surface area contributed by atoms with E-state index in [0.29, 0.717) is 27.7 Å². The van der Waals surface area contributed by atoms with Gasteiger partial charge in [-0.15, -0.1) is 21.5 Å². The smallest absolute Gasteiger partial charge is 0.277 e. The Morgan fingerprint density at radius 3 is 2.53 bits per heavy atom. The van der Waals surface area contributed by atoms with Crippen LogP contribution in [-0.4, -0.2) is 21.1 Å². The second-order valence-electron chi connectivity index (χ2n) is 7.72. The minimum absolute atomic E-state index is 0.0862.